The summed E-state index contributed by atoms with van der Waals surface area (Å²) >= 11 is 0. The van der Waals surface area contributed by atoms with Crippen LogP contribution >= 0.6 is 0 Å². The van der Waals surface area contributed by atoms with Crippen LogP contribution in [0, 0.1) is 0 Å². The van der Waals surface area contributed by atoms with Crippen molar-refractivity contribution >= 4 is 11.7 Å². The maximum atomic E-state index is 11.8. The minimum absolute atomic E-state index is 0.218. The molecule has 0 radical (unpaired) electrons. The summed E-state index contributed by atoms with van der Waals surface area (Å²) in [5, 5.41) is 2.65. The topological polar surface area (TPSA) is 73.3 Å². The van der Waals surface area contributed by atoms with Crippen LogP contribution in [0.5, 0.6) is 5.88 Å². The molecule has 1 unspecified atom stereocenters. The Labute approximate surface area is 85.6 Å². The van der Waals surface area contributed by atoms with Gasteiger partial charge in [0.2, 0.25) is 5.88 Å². The van der Waals surface area contributed by atoms with E-state index in [2.05, 4.69) is 15.3 Å². The Hall–Kier alpha value is -1.69. The van der Waals surface area contributed by atoms with Crippen molar-refractivity contribution in [3.63, 3.8) is 0 Å². The predicted molar refractivity (Wildman–Crippen MR) is 49.5 cm³/mol. The highest BCUT2D eigenvalue weighted by Gasteiger charge is 2.49. The standard InChI is InChI=1S/C9H9N3O3/c1-9-5-6(12-8(9)13)10-4-11-7(5)14-2-3-15-9/h4H,2-3H2,1H3,(H,10,11,12,13). The number of nitrogens with one attached hydrogen (secondary N) is 1. The van der Waals surface area contributed by atoms with Gasteiger partial charge in [0.05, 0.1) is 12.2 Å². The van der Waals surface area contributed by atoms with Gasteiger partial charge >= 0.3 is 0 Å². The fourth-order valence-electron chi connectivity index (χ4n) is 1.87. The molecule has 2 aliphatic rings. The summed E-state index contributed by atoms with van der Waals surface area (Å²) in [5.41, 5.74) is -0.407. The first-order chi connectivity index (χ1) is 7.22. The number of hydrogen-bond donors (Lipinski definition) is 1. The summed E-state index contributed by atoms with van der Waals surface area (Å²) in [4.78, 5) is 19.8. The second-order valence-electron chi connectivity index (χ2n) is 3.59. The predicted octanol–water partition coefficient (Wildman–Crippen LogP) is 0.0529. The maximum Gasteiger partial charge on any atom is 0.262 e. The molecule has 0 fully saturated rings. The van der Waals surface area contributed by atoms with Gasteiger partial charge in [0.25, 0.3) is 5.91 Å². The number of rotatable bonds is 0. The lowest BCUT2D eigenvalue weighted by molar-refractivity contribution is -0.138. The Balaban J connectivity index is 2.28. The zero-order valence-corrected chi connectivity index (χ0v) is 8.11. The number of anilines is 1. The van der Waals surface area contributed by atoms with Gasteiger partial charge in [-0.3, -0.25) is 4.79 Å². The molecule has 3 rings (SSSR count). The third kappa shape index (κ3) is 0.992. The third-order valence-electron chi connectivity index (χ3n) is 2.67. The summed E-state index contributed by atoms with van der Waals surface area (Å²) in [6.07, 6.45) is 1.37. The number of hydrogen-bond acceptors (Lipinski definition) is 5. The Kier molecular flexibility index (Phi) is 1.53. The first kappa shape index (κ1) is 8.60. The van der Waals surface area contributed by atoms with Crippen molar-refractivity contribution in [2.24, 2.45) is 0 Å². The van der Waals surface area contributed by atoms with Crippen molar-refractivity contribution in [3.8, 4) is 5.88 Å². The summed E-state index contributed by atoms with van der Waals surface area (Å²) in [6, 6.07) is 0. The summed E-state index contributed by atoms with van der Waals surface area (Å²) in [5.74, 6) is 0.692. The number of ether oxygens (including phenoxy) is 2. The lowest BCUT2D eigenvalue weighted by Gasteiger charge is -2.19. The minimum atomic E-state index is -1.01. The van der Waals surface area contributed by atoms with Crippen LogP contribution in [0.2, 0.25) is 0 Å². The largest absolute Gasteiger partial charge is 0.475 e. The highest BCUT2D eigenvalue weighted by Crippen LogP contribution is 2.42. The fraction of sp³-hybridized carbons (Fsp3) is 0.444. The van der Waals surface area contributed by atoms with Crippen LogP contribution in [0.15, 0.2) is 6.33 Å². The van der Waals surface area contributed by atoms with Crippen LogP contribution in [0.4, 0.5) is 5.82 Å². The number of amides is 1. The lowest BCUT2D eigenvalue weighted by Crippen LogP contribution is -2.34. The molecule has 1 amide bonds. The lowest BCUT2D eigenvalue weighted by atomic mass is 10.00. The Bertz CT molecular complexity index is 448. The molecule has 6 nitrogen and oxygen atoms in total. The molecule has 78 valence electrons. The smallest absolute Gasteiger partial charge is 0.262 e. The van der Waals surface area contributed by atoms with Crippen molar-refractivity contribution in [1.82, 2.24) is 9.97 Å². The highest BCUT2D eigenvalue weighted by molar-refractivity contribution is 6.04. The average Bonchev–Trinajstić information content (AvgIpc) is 2.39. The Morgan fingerprint density at radius 1 is 1.47 bits per heavy atom. The van der Waals surface area contributed by atoms with E-state index in [9.17, 15) is 4.79 Å². The third-order valence-corrected chi connectivity index (χ3v) is 2.67. The number of carbonyl (C=O) groups is 1. The normalized spacial score (nSPS) is 27.7. The van der Waals surface area contributed by atoms with Crippen molar-refractivity contribution in [3.05, 3.63) is 11.9 Å². The molecular formula is C9H9N3O3. The van der Waals surface area contributed by atoms with Crippen LogP contribution in [0.25, 0.3) is 0 Å². The van der Waals surface area contributed by atoms with Gasteiger partial charge in [0.15, 0.2) is 5.60 Å². The molecule has 0 aromatic carbocycles. The Morgan fingerprint density at radius 2 is 2.33 bits per heavy atom. The zero-order valence-electron chi connectivity index (χ0n) is 8.11. The van der Waals surface area contributed by atoms with Gasteiger partial charge in [-0.25, -0.2) is 9.97 Å². The van der Waals surface area contributed by atoms with E-state index in [1.807, 2.05) is 0 Å². The van der Waals surface area contributed by atoms with Crippen LogP contribution in [-0.2, 0) is 15.1 Å². The molecule has 0 bridgehead atoms. The molecule has 3 heterocycles. The van der Waals surface area contributed by atoms with E-state index in [1.54, 1.807) is 6.92 Å². The quantitative estimate of drug-likeness (QED) is 0.650. The molecule has 15 heavy (non-hydrogen) atoms. The summed E-state index contributed by atoms with van der Waals surface area (Å²) < 4.78 is 10.9. The zero-order chi connectivity index (χ0) is 10.5. The number of nitrogens with zero attached hydrogens (tertiary/aromatic N) is 2. The van der Waals surface area contributed by atoms with Gasteiger partial charge in [0.1, 0.15) is 18.8 Å². The second kappa shape index (κ2) is 2.66. The van der Waals surface area contributed by atoms with E-state index >= 15 is 0 Å². The molecule has 0 spiro atoms. The molecule has 0 aliphatic carbocycles. The molecule has 1 aromatic heterocycles. The number of carbonyl (C=O) groups excluding carboxylic acids is 1. The van der Waals surface area contributed by atoms with E-state index < -0.39 is 5.60 Å². The maximum absolute atomic E-state index is 11.8. The SMILES string of the molecule is CC12OCCOc3ncnc(c31)NC2=O. The summed E-state index contributed by atoms with van der Waals surface area (Å²) in [6.45, 7) is 2.46. The van der Waals surface area contributed by atoms with Crippen molar-refractivity contribution in [2.75, 3.05) is 18.5 Å². The molecule has 1 N–H and O–H groups in total. The minimum Gasteiger partial charge on any atom is -0.475 e. The van der Waals surface area contributed by atoms with Crippen molar-refractivity contribution in [1.29, 1.82) is 0 Å². The van der Waals surface area contributed by atoms with Crippen molar-refractivity contribution in [2.45, 2.75) is 12.5 Å². The van der Waals surface area contributed by atoms with Gasteiger partial charge in [-0.05, 0) is 6.92 Å². The average molecular weight is 207 g/mol. The van der Waals surface area contributed by atoms with Crippen LogP contribution in [0.3, 0.4) is 0 Å². The molecule has 6 heteroatoms. The van der Waals surface area contributed by atoms with Crippen LogP contribution in [0.1, 0.15) is 12.5 Å². The van der Waals surface area contributed by atoms with Gasteiger partial charge in [-0.15, -0.1) is 0 Å². The summed E-state index contributed by atoms with van der Waals surface area (Å²) in [7, 11) is 0. The van der Waals surface area contributed by atoms with Crippen molar-refractivity contribution < 1.29 is 14.3 Å². The molecular weight excluding hydrogens is 198 g/mol. The first-order valence-corrected chi connectivity index (χ1v) is 4.65. The van der Waals surface area contributed by atoms with E-state index in [-0.39, 0.29) is 5.91 Å². The fourth-order valence-corrected chi connectivity index (χ4v) is 1.87. The number of aromatic nitrogens is 2. The van der Waals surface area contributed by atoms with Gasteiger partial charge in [-0.2, -0.15) is 0 Å². The second-order valence-corrected chi connectivity index (χ2v) is 3.59. The Morgan fingerprint density at radius 3 is 3.20 bits per heavy atom. The molecule has 0 saturated heterocycles. The van der Waals surface area contributed by atoms with E-state index in [0.29, 0.717) is 30.5 Å². The van der Waals surface area contributed by atoms with E-state index in [1.165, 1.54) is 6.33 Å². The van der Waals surface area contributed by atoms with Gasteiger partial charge in [-0.1, -0.05) is 0 Å². The van der Waals surface area contributed by atoms with Crippen LogP contribution in [-0.4, -0.2) is 29.1 Å². The molecule has 1 atom stereocenters. The van der Waals surface area contributed by atoms with E-state index in [4.69, 9.17) is 9.47 Å². The highest BCUT2D eigenvalue weighted by atomic mass is 16.6. The molecule has 1 aromatic rings. The van der Waals surface area contributed by atoms with E-state index in [0.717, 1.165) is 0 Å². The van der Waals surface area contributed by atoms with Gasteiger partial charge in [0, 0.05) is 0 Å². The van der Waals surface area contributed by atoms with Crippen LogP contribution < -0.4 is 10.1 Å². The molecule has 0 saturated carbocycles. The van der Waals surface area contributed by atoms with Gasteiger partial charge < -0.3 is 14.8 Å². The molecule has 2 aliphatic heterocycles. The first-order valence-electron chi connectivity index (χ1n) is 4.65. The monoisotopic (exact) mass is 207 g/mol.